The van der Waals surface area contributed by atoms with Gasteiger partial charge in [-0.2, -0.15) is 0 Å². The van der Waals surface area contributed by atoms with Crippen molar-refractivity contribution in [2.24, 2.45) is 5.92 Å². The first kappa shape index (κ1) is 21.2. The quantitative estimate of drug-likeness (QED) is 0.616. The van der Waals surface area contributed by atoms with Crippen LogP contribution in [0.25, 0.3) is 0 Å². The van der Waals surface area contributed by atoms with Crippen LogP contribution in [-0.4, -0.2) is 31.6 Å². The van der Waals surface area contributed by atoms with Crippen LogP contribution in [0.5, 0.6) is 5.75 Å². The highest BCUT2D eigenvalue weighted by molar-refractivity contribution is 6.30. The van der Waals surface area contributed by atoms with Crippen molar-refractivity contribution in [2.45, 2.75) is 51.0 Å². The molecule has 1 aliphatic heterocycles. The number of rotatable bonds is 7. The molecule has 1 fully saturated rings. The van der Waals surface area contributed by atoms with E-state index in [1.54, 1.807) is 0 Å². The molecule has 4 rings (SSSR count). The highest BCUT2D eigenvalue weighted by Crippen LogP contribution is 2.34. The maximum Gasteiger partial charge on any atom is 0.230 e. The molecule has 0 saturated heterocycles. The molecule has 2 aromatic carbocycles. The SMILES string of the molecule is O=C(C1CCCCC1)N1c2ccccc2CCC1CNCCOc1cccc(Cl)c1. The molecule has 0 spiro atoms. The molecular weight excluding hydrogens is 396 g/mol. The molecule has 1 aliphatic carbocycles. The average Bonchev–Trinajstić information content (AvgIpc) is 2.79. The van der Waals surface area contributed by atoms with Crippen molar-refractivity contribution in [3.05, 3.63) is 59.1 Å². The van der Waals surface area contributed by atoms with Gasteiger partial charge in [-0.1, -0.05) is 55.1 Å². The second-order valence-corrected chi connectivity index (χ2v) is 8.81. The second-order valence-electron chi connectivity index (χ2n) is 8.37. The fourth-order valence-electron chi connectivity index (χ4n) is 4.71. The Morgan fingerprint density at radius 3 is 2.73 bits per heavy atom. The first-order valence-electron chi connectivity index (χ1n) is 11.2. The third-order valence-corrected chi connectivity index (χ3v) is 6.51. The molecule has 4 nitrogen and oxygen atoms in total. The fourth-order valence-corrected chi connectivity index (χ4v) is 4.89. The molecule has 0 aromatic heterocycles. The number of nitrogens with one attached hydrogen (secondary N) is 1. The summed E-state index contributed by atoms with van der Waals surface area (Å²) in [6.07, 6.45) is 7.70. The highest BCUT2D eigenvalue weighted by atomic mass is 35.5. The lowest BCUT2D eigenvalue weighted by Crippen LogP contribution is -2.51. The lowest BCUT2D eigenvalue weighted by atomic mass is 9.86. The molecule has 1 saturated carbocycles. The summed E-state index contributed by atoms with van der Waals surface area (Å²) >= 11 is 6.00. The summed E-state index contributed by atoms with van der Waals surface area (Å²) in [5, 5.41) is 4.19. The van der Waals surface area contributed by atoms with E-state index in [1.165, 1.54) is 24.8 Å². The van der Waals surface area contributed by atoms with Gasteiger partial charge in [0.25, 0.3) is 0 Å². The molecule has 1 unspecified atom stereocenters. The Balaban J connectivity index is 1.36. The molecule has 0 bridgehead atoms. The van der Waals surface area contributed by atoms with E-state index in [2.05, 4.69) is 34.5 Å². The van der Waals surface area contributed by atoms with Crippen molar-refractivity contribution in [2.75, 3.05) is 24.6 Å². The molecule has 30 heavy (non-hydrogen) atoms. The molecule has 1 amide bonds. The zero-order valence-electron chi connectivity index (χ0n) is 17.5. The minimum absolute atomic E-state index is 0.179. The molecular formula is C25H31ClN2O2. The number of benzene rings is 2. The second kappa shape index (κ2) is 10.3. The van der Waals surface area contributed by atoms with E-state index < -0.39 is 0 Å². The molecule has 1 N–H and O–H groups in total. The number of halogens is 1. The van der Waals surface area contributed by atoms with Crippen LogP contribution in [0.2, 0.25) is 5.02 Å². The summed E-state index contributed by atoms with van der Waals surface area (Å²) in [6, 6.07) is 16.1. The summed E-state index contributed by atoms with van der Waals surface area (Å²) in [4.78, 5) is 15.6. The normalized spacial score (nSPS) is 19.4. The number of anilines is 1. The Morgan fingerprint density at radius 1 is 1.07 bits per heavy atom. The van der Waals surface area contributed by atoms with Crippen LogP contribution in [-0.2, 0) is 11.2 Å². The first-order valence-corrected chi connectivity index (χ1v) is 11.6. The lowest BCUT2D eigenvalue weighted by molar-refractivity contribution is -0.123. The van der Waals surface area contributed by atoms with Gasteiger partial charge in [-0.25, -0.2) is 0 Å². The molecule has 1 heterocycles. The Bertz CT molecular complexity index is 851. The summed E-state index contributed by atoms with van der Waals surface area (Å²) in [6.45, 7) is 2.09. The van der Waals surface area contributed by atoms with Gasteiger partial charge < -0.3 is 15.0 Å². The summed E-state index contributed by atoms with van der Waals surface area (Å²) in [7, 11) is 0. The van der Waals surface area contributed by atoms with Gasteiger partial charge in [-0.3, -0.25) is 4.79 Å². The van der Waals surface area contributed by atoms with Crippen LogP contribution < -0.4 is 15.0 Å². The van der Waals surface area contributed by atoms with E-state index in [-0.39, 0.29) is 12.0 Å². The van der Waals surface area contributed by atoms with Crippen LogP contribution in [0.1, 0.15) is 44.1 Å². The number of hydrogen-bond donors (Lipinski definition) is 1. The van der Waals surface area contributed by atoms with E-state index in [1.807, 2.05) is 24.3 Å². The maximum atomic E-state index is 13.5. The van der Waals surface area contributed by atoms with Crippen molar-refractivity contribution < 1.29 is 9.53 Å². The van der Waals surface area contributed by atoms with Crippen molar-refractivity contribution >= 4 is 23.2 Å². The van der Waals surface area contributed by atoms with Crippen LogP contribution in [0.4, 0.5) is 5.69 Å². The van der Waals surface area contributed by atoms with Gasteiger partial charge in [0.15, 0.2) is 0 Å². The third kappa shape index (κ3) is 5.16. The van der Waals surface area contributed by atoms with E-state index in [0.717, 1.165) is 50.2 Å². The molecule has 1 atom stereocenters. The van der Waals surface area contributed by atoms with Gasteiger partial charge in [-0.15, -0.1) is 0 Å². The Hall–Kier alpha value is -2.04. The molecule has 2 aromatic rings. The Morgan fingerprint density at radius 2 is 1.90 bits per heavy atom. The summed E-state index contributed by atoms with van der Waals surface area (Å²) in [5.41, 5.74) is 2.41. The topological polar surface area (TPSA) is 41.6 Å². The van der Waals surface area contributed by atoms with Gasteiger partial charge in [-0.05, 0) is 55.5 Å². The van der Waals surface area contributed by atoms with Crippen LogP contribution >= 0.6 is 11.6 Å². The van der Waals surface area contributed by atoms with Crippen LogP contribution in [0, 0.1) is 5.92 Å². The smallest absolute Gasteiger partial charge is 0.230 e. The lowest BCUT2D eigenvalue weighted by Gasteiger charge is -2.40. The molecule has 5 heteroatoms. The minimum Gasteiger partial charge on any atom is -0.492 e. The van der Waals surface area contributed by atoms with E-state index in [0.29, 0.717) is 17.5 Å². The largest absolute Gasteiger partial charge is 0.492 e. The summed E-state index contributed by atoms with van der Waals surface area (Å²) in [5.74, 6) is 1.28. The minimum atomic E-state index is 0.179. The van der Waals surface area contributed by atoms with E-state index >= 15 is 0 Å². The van der Waals surface area contributed by atoms with E-state index in [4.69, 9.17) is 16.3 Å². The van der Waals surface area contributed by atoms with E-state index in [9.17, 15) is 4.79 Å². The third-order valence-electron chi connectivity index (χ3n) is 6.28. The highest BCUT2D eigenvalue weighted by Gasteiger charge is 2.34. The van der Waals surface area contributed by atoms with Gasteiger partial charge in [0.1, 0.15) is 12.4 Å². The number of hydrogen-bond acceptors (Lipinski definition) is 3. The molecule has 160 valence electrons. The fraction of sp³-hybridized carbons (Fsp3) is 0.480. The van der Waals surface area contributed by atoms with Crippen LogP contribution in [0.15, 0.2) is 48.5 Å². The number of nitrogens with zero attached hydrogens (tertiary/aromatic N) is 1. The zero-order chi connectivity index (χ0) is 20.8. The average molecular weight is 427 g/mol. The van der Waals surface area contributed by atoms with Gasteiger partial charge in [0.2, 0.25) is 5.91 Å². The number of aryl methyl sites for hydroxylation is 1. The molecule has 2 aliphatic rings. The van der Waals surface area contributed by atoms with Crippen molar-refractivity contribution in [3.8, 4) is 5.75 Å². The number of carbonyl (C=O) groups excluding carboxylic acids is 1. The predicted molar refractivity (Wildman–Crippen MR) is 122 cm³/mol. The number of carbonyl (C=O) groups is 1. The maximum absolute atomic E-state index is 13.5. The van der Waals surface area contributed by atoms with Gasteiger partial charge in [0.05, 0.1) is 0 Å². The number of amides is 1. The van der Waals surface area contributed by atoms with Gasteiger partial charge in [0, 0.05) is 35.8 Å². The monoisotopic (exact) mass is 426 g/mol. The predicted octanol–water partition coefficient (Wildman–Crippen LogP) is 5.24. The first-order chi connectivity index (χ1) is 14.7. The number of para-hydroxylation sites is 1. The van der Waals surface area contributed by atoms with Gasteiger partial charge >= 0.3 is 0 Å². The van der Waals surface area contributed by atoms with Crippen molar-refractivity contribution in [1.82, 2.24) is 5.32 Å². The Labute approximate surface area is 184 Å². The number of fused-ring (bicyclic) bond motifs is 1. The van der Waals surface area contributed by atoms with Crippen LogP contribution in [0.3, 0.4) is 0 Å². The zero-order valence-corrected chi connectivity index (χ0v) is 18.2. The summed E-state index contributed by atoms with van der Waals surface area (Å²) < 4.78 is 5.77. The standard InChI is InChI=1S/C25H31ClN2O2/c26-21-10-6-11-23(17-21)30-16-15-27-18-22-14-13-19-7-4-5-12-24(19)28(22)25(29)20-8-2-1-3-9-20/h4-7,10-12,17,20,22,27H,1-3,8-9,13-16,18H2. The number of ether oxygens (including phenoxy) is 1. The van der Waals surface area contributed by atoms with Crippen molar-refractivity contribution in [1.29, 1.82) is 0 Å². The van der Waals surface area contributed by atoms with Crippen molar-refractivity contribution in [3.63, 3.8) is 0 Å². The molecule has 0 radical (unpaired) electrons. The Kier molecular flexibility index (Phi) is 7.29.